The Morgan fingerprint density at radius 2 is 1.77 bits per heavy atom. The normalized spacial score (nSPS) is 11.1. The Balaban J connectivity index is 1.57. The first kappa shape index (κ1) is 19.5. The molecule has 0 aliphatic carbocycles. The second-order valence-electron chi connectivity index (χ2n) is 7.09. The van der Waals surface area contributed by atoms with Crippen LogP contribution in [0.2, 0.25) is 0 Å². The molecule has 2 heterocycles. The second-order valence-corrected chi connectivity index (χ2v) is 7.09. The highest BCUT2D eigenvalue weighted by atomic mass is 16.3. The van der Waals surface area contributed by atoms with Crippen LogP contribution in [0.25, 0.3) is 17.3 Å². The third kappa shape index (κ3) is 4.75. The van der Waals surface area contributed by atoms with Gasteiger partial charge in [-0.1, -0.05) is 60.7 Å². The van der Waals surface area contributed by atoms with Crippen molar-refractivity contribution in [1.82, 2.24) is 14.7 Å². The molecule has 0 fully saturated rings. The number of furan rings is 1. The van der Waals surface area contributed by atoms with Crippen LogP contribution in [0.15, 0.2) is 95.7 Å². The number of benzene rings is 2. The van der Waals surface area contributed by atoms with Crippen LogP contribution in [0, 0.1) is 0 Å². The van der Waals surface area contributed by atoms with Gasteiger partial charge in [-0.15, -0.1) is 0 Å². The molecule has 2 aromatic carbocycles. The highest BCUT2D eigenvalue weighted by molar-refractivity contribution is 5.92. The fourth-order valence-corrected chi connectivity index (χ4v) is 3.23. The van der Waals surface area contributed by atoms with Gasteiger partial charge in [0.1, 0.15) is 5.76 Å². The second kappa shape index (κ2) is 9.09. The summed E-state index contributed by atoms with van der Waals surface area (Å²) < 4.78 is 7.23. The average Bonchev–Trinajstić information content (AvgIpc) is 3.43. The van der Waals surface area contributed by atoms with Crippen molar-refractivity contribution >= 4 is 12.0 Å². The molecule has 5 heteroatoms. The van der Waals surface area contributed by atoms with Crippen LogP contribution in [-0.4, -0.2) is 27.6 Å². The largest absolute Gasteiger partial charge is 0.467 e. The van der Waals surface area contributed by atoms with Crippen LogP contribution in [0.5, 0.6) is 0 Å². The van der Waals surface area contributed by atoms with E-state index in [-0.39, 0.29) is 5.91 Å². The molecule has 4 aromatic rings. The molecule has 0 unspecified atom stereocenters. The maximum atomic E-state index is 12.6. The summed E-state index contributed by atoms with van der Waals surface area (Å²) in [6.45, 7) is 1.09. The van der Waals surface area contributed by atoms with E-state index in [1.165, 1.54) is 5.56 Å². The van der Waals surface area contributed by atoms with Gasteiger partial charge in [-0.05, 0) is 23.8 Å². The topological polar surface area (TPSA) is 51.3 Å². The van der Waals surface area contributed by atoms with Crippen LogP contribution in [-0.2, 0) is 17.9 Å². The number of amides is 1. The zero-order valence-electron chi connectivity index (χ0n) is 16.8. The lowest BCUT2D eigenvalue weighted by atomic mass is 10.1. The summed E-state index contributed by atoms with van der Waals surface area (Å²) in [6.07, 6.45) is 7.00. The Hall–Kier alpha value is -3.86. The number of hydrogen-bond donors (Lipinski definition) is 0. The molecule has 0 aliphatic rings. The number of carbonyl (C=O) groups excluding carboxylic acids is 1. The van der Waals surface area contributed by atoms with Crippen molar-refractivity contribution in [2.24, 2.45) is 0 Å². The molecule has 0 radical (unpaired) electrons. The summed E-state index contributed by atoms with van der Waals surface area (Å²) in [5.74, 6) is 0.654. The smallest absolute Gasteiger partial charge is 0.246 e. The molecule has 30 heavy (non-hydrogen) atoms. The molecule has 0 aliphatic heterocycles. The van der Waals surface area contributed by atoms with Crippen molar-refractivity contribution < 1.29 is 9.21 Å². The fraction of sp³-hybridized carbons (Fsp3) is 0.120. The minimum atomic E-state index is -0.0961. The predicted octanol–water partition coefficient (Wildman–Crippen LogP) is 4.86. The Kier molecular flexibility index (Phi) is 5.90. The summed E-state index contributed by atoms with van der Waals surface area (Å²) >= 11 is 0. The van der Waals surface area contributed by atoms with E-state index in [0.29, 0.717) is 13.1 Å². The van der Waals surface area contributed by atoms with E-state index in [0.717, 1.165) is 22.6 Å². The molecule has 5 nitrogen and oxygen atoms in total. The third-order valence-electron chi connectivity index (χ3n) is 4.78. The predicted molar refractivity (Wildman–Crippen MR) is 117 cm³/mol. The van der Waals surface area contributed by atoms with E-state index in [4.69, 9.17) is 9.52 Å². The van der Waals surface area contributed by atoms with Crippen molar-refractivity contribution in [1.29, 1.82) is 0 Å². The summed E-state index contributed by atoms with van der Waals surface area (Å²) in [5, 5.41) is 4.78. The molecule has 0 N–H and O–H groups in total. The van der Waals surface area contributed by atoms with Gasteiger partial charge < -0.3 is 9.32 Å². The van der Waals surface area contributed by atoms with Crippen LogP contribution in [0.4, 0.5) is 0 Å². The van der Waals surface area contributed by atoms with Crippen LogP contribution >= 0.6 is 0 Å². The van der Waals surface area contributed by atoms with Crippen LogP contribution in [0.1, 0.15) is 16.9 Å². The molecular weight excluding hydrogens is 374 g/mol. The lowest BCUT2D eigenvalue weighted by Gasteiger charge is -2.12. The van der Waals surface area contributed by atoms with Gasteiger partial charge in [-0.2, -0.15) is 5.10 Å². The minimum Gasteiger partial charge on any atom is -0.467 e. The van der Waals surface area contributed by atoms with Crippen LogP contribution < -0.4 is 0 Å². The summed E-state index contributed by atoms with van der Waals surface area (Å²) in [7, 11) is 1.76. The molecule has 0 spiro atoms. The van der Waals surface area contributed by atoms with Gasteiger partial charge in [0.2, 0.25) is 5.91 Å². The molecule has 0 bridgehead atoms. The van der Waals surface area contributed by atoms with E-state index in [2.05, 4.69) is 12.1 Å². The number of nitrogens with zero attached hydrogens (tertiary/aromatic N) is 3. The SMILES string of the molecule is CN(Cc1ccco1)C(=O)C=Cc1cn(Cc2ccccc2)nc1-c1ccccc1. The van der Waals surface area contributed by atoms with Crippen molar-refractivity contribution in [3.8, 4) is 11.3 Å². The zero-order chi connectivity index (χ0) is 20.8. The van der Waals surface area contributed by atoms with E-state index < -0.39 is 0 Å². The monoisotopic (exact) mass is 397 g/mol. The van der Waals surface area contributed by atoms with Crippen molar-refractivity contribution in [3.63, 3.8) is 0 Å². The Bertz CT molecular complexity index is 1110. The average molecular weight is 397 g/mol. The number of likely N-dealkylation sites (N-methyl/N-ethyl adjacent to an activating group) is 1. The zero-order valence-corrected chi connectivity index (χ0v) is 16.8. The number of hydrogen-bond acceptors (Lipinski definition) is 3. The summed E-state index contributed by atoms with van der Waals surface area (Å²) in [5.41, 5.74) is 3.94. The fourth-order valence-electron chi connectivity index (χ4n) is 3.23. The van der Waals surface area contributed by atoms with Gasteiger partial charge in [0.25, 0.3) is 0 Å². The molecule has 2 aromatic heterocycles. The number of aromatic nitrogens is 2. The molecule has 1 amide bonds. The van der Waals surface area contributed by atoms with Crippen molar-refractivity contribution in [2.75, 3.05) is 7.05 Å². The minimum absolute atomic E-state index is 0.0961. The van der Waals surface area contributed by atoms with Gasteiger partial charge in [-0.25, -0.2) is 0 Å². The van der Waals surface area contributed by atoms with E-state index in [1.54, 1.807) is 24.3 Å². The Labute approximate surface area is 175 Å². The van der Waals surface area contributed by atoms with Gasteiger partial charge in [0.05, 0.1) is 25.0 Å². The van der Waals surface area contributed by atoms with Gasteiger partial charge in [0, 0.05) is 30.4 Å². The third-order valence-corrected chi connectivity index (χ3v) is 4.78. The molecule has 150 valence electrons. The van der Waals surface area contributed by atoms with Crippen molar-refractivity contribution in [3.05, 3.63) is 108 Å². The van der Waals surface area contributed by atoms with Crippen LogP contribution in [0.3, 0.4) is 0 Å². The van der Waals surface area contributed by atoms with Crippen molar-refractivity contribution in [2.45, 2.75) is 13.1 Å². The highest BCUT2D eigenvalue weighted by Gasteiger charge is 2.12. The number of rotatable bonds is 7. The first-order chi connectivity index (χ1) is 14.7. The molecule has 0 atom stereocenters. The molecule has 0 saturated carbocycles. The summed E-state index contributed by atoms with van der Waals surface area (Å²) in [6, 6.07) is 23.9. The number of carbonyl (C=O) groups is 1. The Morgan fingerprint density at radius 3 is 2.47 bits per heavy atom. The summed E-state index contributed by atoms with van der Waals surface area (Å²) in [4.78, 5) is 14.2. The lowest BCUT2D eigenvalue weighted by Crippen LogP contribution is -2.23. The Morgan fingerprint density at radius 1 is 1.03 bits per heavy atom. The molecule has 0 saturated heterocycles. The maximum absolute atomic E-state index is 12.6. The maximum Gasteiger partial charge on any atom is 0.246 e. The lowest BCUT2D eigenvalue weighted by molar-refractivity contribution is -0.125. The van der Waals surface area contributed by atoms with E-state index in [1.807, 2.05) is 77.6 Å². The highest BCUT2D eigenvalue weighted by Crippen LogP contribution is 2.23. The first-order valence-corrected chi connectivity index (χ1v) is 9.81. The molecule has 4 rings (SSSR count). The van der Waals surface area contributed by atoms with Gasteiger partial charge in [0.15, 0.2) is 0 Å². The molecular formula is C25H23N3O2. The van der Waals surface area contributed by atoms with E-state index in [9.17, 15) is 4.79 Å². The quantitative estimate of drug-likeness (QED) is 0.418. The van der Waals surface area contributed by atoms with Gasteiger partial charge in [-0.3, -0.25) is 9.48 Å². The van der Waals surface area contributed by atoms with E-state index >= 15 is 0 Å². The standard InChI is InChI=1S/C25H23N3O2/c1-27(19-23-13-8-16-30-23)24(29)15-14-22-18-28(17-20-9-4-2-5-10-20)26-25(22)21-11-6-3-7-12-21/h2-16,18H,17,19H2,1H3. The van der Waals surface area contributed by atoms with Gasteiger partial charge >= 0.3 is 0 Å². The first-order valence-electron chi connectivity index (χ1n) is 9.81.